The molecule has 0 N–H and O–H groups in total. The number of hydrogen-bond acceptors (Lipinski definition) is 1. The second kappa shape index (κ2) is 4.11. The number of hydrogen-bond donors (Lipinski definition) is 1. The van der Waals surface area contributed by atoms with Crippen LogP contribution in [-0.2, 0) is 4.74 Å². The van der Waals surface area contributed by atoms with Crippen molar-refractivity contribution in [2.24, 2.45) is 0 Å². The molecule has 3 heteroatoms. The number of ether oxygens (including phenoxy) is 1. The quantitative estimate of drug-likeness (QED) is 0.684. The van der Waals surface area contributed by atoms with Gasteiger partial charge in [-0.1, -0.05) is 0 Å². The summed E-state index contributed by atoms with van der Waals surface area (Å²) in [5, 5.41) is 0. The zero-order chi connectivity index (χ0) is 9.10. The van der Waals surface area contributed by atoms with Crippen LogP contribution in [0.3, 0.4) is 0 Å². The van der Waals surface area contributed by atoms with Crippen LogP contribution in [0.15, 0.2) is 29.2 Å². The summed E-state index contributed by atoms with van der Waals surface area (Å²) in [4.78, 5) is 1.31. The third kappa shape index (κ3) is 2.23. The highest BCUT2D eigenvalue weighted by Gasteiger charge is 2.11. The molecule has 0 aromatic heterocycles. The number of halogens is 1. The molecule has 1 aromatic carbocycles. The van der Waals surface area contributed by atoms with E-state index < -0.39 is 0 Å². The van der Waals surface area contributed by atoms with E-state index in [1.165, 1.54) is 4.90 Å². The van der Waals surface area contributed by atoms with E-state index in [0.717, 1.165) is 24.7 Å². The van der Waals surface area contributed by atoms with Gasteiger partial charge in [0.25, 0.3) is 0 Å². The molecule has 2 rings (SSSR count). The second-order valence-corrected chi connectivity index (χ2v) is 5.57. The van der Waals surface area contributed by atoms with Gasteiger partial charge in [0.2, 0.25) is 0 Å². The molecule has 0 spiro atoms. The topological polar surface area (TPSA) is 9.23 Å². The van der Waals surface area contributed by atoms with Crippen LogP contribution in [0.1, 0.15) is 0 Å². The first-order valence-corrected chi connectivity index (χ1v) is 6.16. The Kier molecular flexibility index (Phi) is 2.86. The minimum Gasteiger partial charge on any atom is -0.380 e. The predicted octanol–water partition coefficient (Wildman–Crippen LogP) is 2.22. The smallest absolute Gasteiger partial charge is 0.123 e. The summed E-state index contributed by atoms with van der Waals surface area (Å²) in [6.45, 7) is 1.73. The maximum Gasteiger partial charge on any atom is 0.123 e. The second-order valence-electron chi connectivity index (χ2n) is 3.08. The Morgan fingerprint density at radius 2 is 1.69 bits per heavy atom. The molecule has 0 radical (unpaired) electrons. The van der Waals surface area contributed by atoms with Crippen molar-refractivity contribution in [1.29, 1.82) is 0 Å². The molecule has 0 atom stereocenters. The molecule has 0 amide bonds. The Morgan fingerprint density at radius 3 is 2.31 bits per heavy atom. The monoisotopic (exact) mass is 200 g/mol. The summed E-state index contributed by atoms with van der Waals surface area (Å²) in [7, 11) is -0.0709. The van der Waals surface area contributed by atoms with E-state index in [1.807, 2.05) is 12.1 Å². The van der Waals surface area contributed by atoms with E-state index in [0.29, 0.717) is 0 Å². The molecule has 1 aromatic rings. The minimum atomic E-state index is -0.146. The zero-order valence-corrected chi connectivity index (χ0v) is 8.27. The Balaban J connectivity index is 2.10. The van der Waals surface area contributed by atoms with Crippen molar-refractivity contribution in [2.75, 3.05) is 24.7 Å². The standard InChI is InChI=1S/C10H13FOS/c11-9-1-3-10(4-2-9)13-7-5-12-6-8-13/h1-4,13H,5-8H2. The van der Waals surface area contributed by atoms with Crippen LogP contribution >= 0.6 is 10.9 Å². The van der Waals surface area contributed by atoms with Crippen LogP contribution in [-0.4, -0.2) is 24.7 Å². The van der Waals surface area contributed by atoms with Gasteiger partial charge in [0.05, 0.1) is 13.2 Å². The first-order chi connectivity index (χ1) is 6.36. The summed E-state index contributed by atoms with van der Waals surface area (Å²) in [5.74, 6) is 2.11. The van der Waals surface area contributed by atoms with Gasteiger partial charge in [-0.05, 0) is 29.2 Å². The summed E-state index contributed by atoms with van der Waals surface area (Å²) in [6.07, 6.45) is 0. The van der Waals surface area contributed by atoms with Crippen molar-refractivity contribution in [2.45, 2.75) is 4.90 Å². The molecule has 1 aliphatic rings. The lowest BCUT2D eigenvalue weighted by molar-refractivity contribution is 0.160. The first kappa shape index (κ1) is 9.03. The van der Waals surface area contributed by atoms with Crippen molar-refractivity contribution >= 4 is 10.9 Å². The summed E-state index contributed by atoms with van der Waals surface area (Å²) < 4.78 is 17.9. The molecule has 13 heavy (non-hydrogen) atoms. The number of benzene rings is 1. The molecule has 1 heterocycles. The molecule has 72 valence electrons. The van der Waals surface area contributed by atoms with E-state index in [-0.39, 0.29) is 16.7 Å². The molecule has 0 aliphatic carbocycles. The van der Waals surface area contributed by atoms with Crippen LogP contribution in [0.4, 0.5) is 4.39 Å². The fourth-order valence-electron chi connectivity index (χ4n) is 1.47. The Hall–Kier alpha value is -0.540. The van der Waals surface area contributed by atoms with Crippen molar-refractivity contribution in [1.82, 2.24) is 0 Å². The average Bonchev–Trinajstić information content (AvgIpc) is 2.20. The van der Waals surface area contributed by atoms with Gasteiger partial charge in [0, 0.05) is 11.5 Å². The van der Waals surface area contributed by atoms with E-state index >= 15 is 0 Å². The Bertz CT molecular complexity index is 267. The molecule has 1 nitrogen and oxygen atoms in total. The van der Waals surface area contributed by atoms with E-state index in [1.54, 1.807) is 12.1 Å². The van der Waals surface area contributed by atoms with Crippen molar-refractivity contribution < 1.29 is 9.13 Å². The lowest BCUT2D eigenvalue weighted by atomic mass is 10.4. The summed E-state index contributed by atoms with van der Waals surface area (Å²) in [5.41, 5.74) is 0. The van der Waals surface area contributed by atoms with Gasteiger partial charge in [-0.2, -0.15) is 0 Å². The van der Waals surface area contributed by atoms with Gasteiger partial charge in [-0.3, -0.25) is 0 Å². The van der Waals surface area contributed by atoms with E-state index in [2.05, 4.69) is 0 Å². The highest BCUT2D eigenvalue weighted by molar-refractivity contribution is 8.17. The SMILES string of the molecule is Fc1ccc([SH]2CCOCC2)cc1. The summed E-state index contributed by atoms with van der Waals surface area (Å²) in [6, 6.07) is 6.92. The van der Waals surface area contributed by atoms with E-state index in [9.17, 15) is 4.39 Å². The largest absolute Gasteiger partial charge is 0.380 e. The first-order valence-electron chi connectivity index (χ1n) is 4.44. The van der Waals surface area contributed by atoms with Gasteiger partial charge in [0.15, 0.2) is 0 Å². The molecule has 0 bridgehead atoms. The van der Waals surface area contributed by atoms with Crippen LogP contribution in [0.25, 0.3) is 0 Å². The molecule has 1 fully saturated rings. The number of thiol groups is 1. The third-order valence-electron chi connectivity index (χ3n) is 2.20. The fourth-order valence-corrected chi connectivity index (χ4v) is 3.48. The minimum absolute atomic E-state index is 0.0709. The zero-order valence-electron chi connectivity index (χ0n) is 7.37. The van der Waals surface area contributed by atoms with Gasteiger partial charge < -0.3 is 4.74 Å². The van der Waals surface area contributed by atoms with E-state index in [4.69, 9.17) is 4.74 Å². The van der Waals surface area contributed by atoms with Gasteiger partial charge in [-0.15, -0.1) is 0 Å². The van der Waals surface area contributed by atoms with Crippen LogP contribution < -0.4 is 0 Å². The molecule has 0 saturated carbocycles. The highest BCUT2D eigenvalue weighted by atomic mass is 32.2. The molecule has 1 saturated heterocycles. The fraction of sp³-hybridized carbons (Fsp3) is 0.400. The summed E-state index contributed by atoms with van der Waals surface area (Å²) >= 11 is 0. The van der Waals surface area contributed by atoms with Crippen molar-refractivity contribution in [3.63, 3.8) is 0 Å². The van der Waals surface area contributed by atoms with Crippen LogP contribution in [0.2, 0.25) is 0 Å². The van der Waals surface area contributed by atoms with Crippen molar-refractivity contribution in [3.8, 4) is 0 Å². The lowest BCUT2D eigenvalue weighted by Gasteiger charge is -2.26. The lowest BCUT2D eigenvalue weighted by Crippen LogP contribution is -2.14. The van der Waals surface area contributed by atoms with Gasteiger partial charge in [0.1, 0.15) is 5.82 Å². The maximum absolute atomic E-state index is 12.6. The number of rotatable bonds is 1. The molecular formula is C10H13FOS. The maximum atomic E-state index is 12.6. The Labute approximate surface area is 80.3 Å². The molecule has 0 unspecified atom stereocenters. The van der Waals surface area contributed by atoms with Crippen LogP contribution in [0.5, 0.6) is 0 Å². The normalized spacial score (nSPS) is 20.2. The van der Waals surface area contributed by atoms with Gasteiger partial charge in [-0.25, -0.2) is 15.3 Å². The van der Waals surface area contributed by atoms with Gasteiger partial charge >= 0.3 is 0 Å². The Morgan fingerprint density at radius 1 is 1.08 bits per heavy atom. The molecule has 1 aliphatic heterocycles. The third-order valence-corrected chi connectivity index (χ3v) is 4.68. The van der Waals surface area contributed by atoms with Crippen LogP contribution in [0, 0.1) is 5.82 Å². The van der Waals surface area contributed by atoms with Crippen molar-refractivity contribution in [3.05, 3.63) is 30.1 Å². The molecular weight excluding hydrogens is 187 g/mol. The predicted molar refractivity (Wildman–Crippen MR) is 54.2 cm³/mol. The average molecular weight is 200 g/mol. The highest BCUT2D eigenvalue weighted by Crippen LogP contribution is 2.37.